The molecule has 7 nitrogen and oxygen atoms in total. The molecule has 40 heavy (non-hydrogen) atoms. The number of hydrogen-bond acceptors (Lipinski definition) is 4. The molecule has 2 aliphatic rings. The molecule has 0 radical (unpaired) electrons. The molecule has 10 heteroatoms. The maximum atomic E-state index is 13.7. The second kappa shape index (κ2) is 10.8. The normalized spacial score (nSPS) is 17.2. The number of ether oxygens (including phenoxy) is 1. The molecule has 3 heterocycles. The van der Waals surface area contributed by atoms with Crippen LogP contribution in [0.5, 0.6) is 0 Å². The number of morpholine rings is 1. The summed E-state index contributed by atoms with van der Waals surface area (Å²) in [6.07, 6.45) is 3.89. The van der Waals surface area contributed by atoms with E-state index in [9.17, 15) is 13.2 Å². The van der Waals surface area contributed by atoms with Gasteiger partial charge < -0.3 is 14.2 Å². The number of fused-ring (bicyclic) bond motifs is 2. The largest absolute Gasteiger partial charge is 0.379 e. The van der Waals surface area contributed by atoms with Gasteiger partial charge in [-0.05, 0) is 61.0 Å². The highest BCUT2D eigenvalue weighted by molar-refractivity contribution is 9.10. The first kappa shape index (κ1) is 27.2. The van der Waals surface area contributed by atoms with Gasteiger partial charge >= 0.3 is 0 Å². The predicted octanol–water partition coefficient (Wildman–Crippen LogP) is 6.03. The number of hydrogen-bond donors (Lipinski definition) is 0. The van der Waals surface area contributed by atoms with Gasteiger partial charge in [-0.1, -0.05) is 45.7 Å². The predicted molar refractivity (Wildman–Crippen MR) is 162 cm³/mol. The summed E-state index contributed by atoms with van der Waals surface area (Å²) >= 11 is 10.1. The van der Waals surface area contributed by atoms with Gasteiger partial charge in [0.05, 0.1) is 23.8 Å². The van der Waals surface area contributed by atoms with Crippen molar-refractivity contribution in [3.63, 3.8) is 0 Å². The van der Waals surface area contributed by atoms with Crippen LogP contribution in [-0.2, 0) is 26.1 Å². The zero-order valence-electron chi connectivity index (χ0n) is 21.8. The molecule has 0 spiro atoms. The summed E-state index contributed by atoms with van der Waals surface area (Å²) in [4.78, 5) is 15.5. The first-order chi connectivity index (χ1) is 19.3. The van der Waals surface area contributed by atoms with E-state index in [1.165, 1.54) is 4.31 Å². The van der Waals surface area contributed by atoms with Gasteiger partial charge in [0.2, 0.25) is 10.0 Å². The van der Waals surface area contributed by atoms with Crippen LogP contribution in [0.25, 0.3) is 22.6 Å². The molecule has 6 rings (SSSR count). The Morgan fingerprint density at radius 1 is 1.05 bits per heavy atom. The SMILES string of the molecule is CCN1C(=O)/C(=C\c2cn(Cc3ccccc3Cl)c3ccc(Br)cc23)c2cc(S(=O)(=O)N3CCOCC3)ccc21. The maximum Gasteiger partial charge on any atom is 0.258 e. The molecule has 1 fully saturated rings. The maximum absolute atomic E-state index is 13.7. The van der Waals surface area contributed by atoms with Crippen LogP contribution in [0.3, 0.4) is 0 Å². The lowest BCUT2D eigenvalue weighted by Gasteiger charge is -2.26. The third kappa shape index (κ3) is 4.80. The number of anilines is 1. The summed E-state index contributed by atoms with van der Waals surface area (Å²) in [6, 6.07) is 18.8. The van der Waals surface area contributed by atoms with E-state index >= 15 is 0 Å². The van der Waals surface area contributed by atoms with Crippen molar-refractivity contribution in [3.8, 4) is 0 Å². The molecule has 4 aromatic rings. The first-order valence-corrected chi connectivity index (χ1v) is 15.7. The van der Waals surface area contributed by atoms with Crippen molar-refractivity contribution >= 4 is 71.7 Å². The van der Waals surface area contributed by atoms with E-state index in [1.807, 2.05) is 61.7 Å². The van der Waals surface area contributed by atoms with Crippen LogP contribution in [0.2, 0.25) is 5.02 Å². The smallest absolute Gasteiger partial charge is 0.258 e. The minimum absolute atomic E-state index is 0.152. The van der Waals surface area contributed by atoms with Crippen LogP contribution in [0.15, 0.2) is 76.2 Å². The van der Waals surface area contributed by atoms with Gasteiger partial charge in [0, 0.05) is 69.5 Å². The molecular formula is C30H27BrClN3O4S. The summed E-state index contributed by atoms with van der Waals surface area (Å²) in [5, 5.41) is 1.66. The zero-order chi connectivity index (χ0) is 28.0. The number of carbonyl (C=O) groups excluding carboxylic acids is 1. The molecule has 0 bridgehead atoms. The van der Waals surface area contributed by atoms with Crippen molar-refractivity contribution in [2.75, 3.05) is 37.7 Å². The molecule has 206 valence electrons. The molecule has 0 unspecified atom stereocenters. The Bertz CT molecular complexity index is 1780. The van der Waals surface area contributed by atoms with Crippen molar-refractivity contribution in [2.45, 2.75) is 18.4 Å². The van der Waals surface area contributed by atoms with Gasteiger partial charge in [0.1, 0.15) is 0 Å². The van der Waals surface area contributed by atoms with Crippen LogP contribution in [-0.4, -0.2) is 56.0 Å². The molecule has 0 saturated carbocycles. The number of aromatic nitrogens is 1. The van der Waals surface area contributed by atoms with Crippen LogP contribution < -0.4 is 4.90 Å². The minimum Gasteiger partial charge on any atom is -0.379 e. The van der Waals surface area contributed by atoms with Gasteiger partial charge in [0.25, 0.3) is 5.91 Å². The average molecular weight is 641 g/mol. The number of sulfonamides is 1. The fraction of sp³-hybridized carbons (Fsp3) is 0.233. The van der Waals surface area contributed by atoms with Crippen molar-refractivity contribution in [1.29, 1.82) is 0 Å². The number of nitrogens with zero attached hydrogens (tertiary/aromatic N) is 3. The van der Waals surface area contributed by atoms with Gasteiger partial charge in [0.15, 0.2) is 0 Å². The zero-order valence-corrected chi connectivity index (χ0v) is 25.0. The minimum atomic E-state index is -3.72. The van der Waals surface area contributed by atoms with Gasteiger partial charge in [-0.3, -0.25) is 4.79 Å². The van der Waals surface area contributed by atoms with Gasteiger partial charge in [-0.2, -0.15) is 4.31 Å². The first-order valence-electron chi connectivity index (χ1n) is 13.1. The lowest BCUT2D eigenvalue weighted by atomic mass is 10.0. The third-order valence-electron chi connectivity index (χ3n) is 7.42. The summed E-state index contributed by atoms with van der Waals surface area (Å²) in [5.74, 6) is -0.152. The number of rotatable bonds is 6. The van der Waals surface area contributed by atoms with Crippen molar-refractivity contribution in [2.24, 2.45) is 0 Å². The Balaban J connectivity index is 1.48. The fourth-order valence-electron chi connectivity index (χ4n) is 5.39. The highest BCUT2D eigenvalue weighted by Gasteiger charge is 2.34. The second-order valence-corrected chi connectivity index (χ2v) is 13.0. The van der Waals surface area contributed by atoms with Crippen molar-refractivity contribution < 1.29 is 17.9 Å². The molecule has 1 aromatic heterocycles. The second-order valence-electron chi connectivity index (χ2n) is 9.77. The Labute approximate surface area is 246 Å². The van der Waals surface area contributed by atoms with Crippen LogP contribution in [0.4, 0.5) is 5.69 Å². The quantitative estimate of drug-likeness (QED) is 0.241. The van der Waals surface area contributed by atoms with E-state index in [4.69, 9.17) is 16.3 Å². The number of benzene rings is 3. The molecule has 3 aromatic carbocycles. The van der Waals surface area contributed by atoms with Crippen molar-refractivity contribution in [1.82, 2.24) is 8.87 Å². The Morgan fingerprint density at radius 3 is 2.58 bits per heavy atom. The Hall–Kier alpha value is -2.95. The van der Waals surface area contributed by atoms with E-state index in [-0.39, 0.29) is 10.8 Å². The number of likely N-dealkylation sites (N-methyl/N-ethyl adjacent to an activating group) is 1. The molecule has 0 aliphatic carbocycles. The van der Waals surface area contributed by atoms with E-state index in [0.29, 0.717) is 61.2 Å². The lowest BCUT2D eigenvalue weighted by Crippen LogP contribution is -2.40. The molecule has 0 atom stereocenters. The van der Waals surface area contributed by atoms with E-state index < -0.39 is 10.0 Å². The van der Waals surface area contributed by atoms with Crippen LogP contribution >= 0.6 is 27.5 Å². The Kier molecular flexibility index (Phi) is 7.35. The van der Waals surface area contributed by atoms with Crippen LogP contribution in [0.1, 0.15) is 23.6 Å². The number of amides is 1. The standard InChI is InChI=1S/C30H27BrClN3O4S/c1-2-35-29-10-8-23(40(37,38)34-11-13-39-14-12-34)17-25(29)26(30(35)36)15-21-19-33(18-20-5-3-4-6-27(20)32)28-9-7-22(31)16-24(21)28/h3-10,15-17,19H,2,11-14,18H2,1H3/b26-15-. The molecule has 2 aliphatic heterocycles. The van der Waals surface area contributed by atoms with Gasteiger partial charge in [-0.15, -0.1) is 0 Å². The van der Waals surface area contributed by atoms with Gasteiger partial charge in [-0.25, -0.2) is 8.42 Å². The molecular weight excluding hydrogens is 614 g/mol. The van der Waals surface area contributed by atoms with E-state index in [1.54, 1.807) is 23.1 Å². The van der Waals surface area contributed by atoms with E-state index in [0.717, 1.165) is 26.5 Å². The summed E-state index contributed by atoms with van der Waals surface area (Å²) < 4.78 is 36.7. The fourth-order valence-corrected chi connectivity index (χ4v) is 7.39. The Morgan fingerprint density at radius 2 is 1.82 bits per heavy atom. The molecule has 1 amide bonds. The van der Waals surface area contributed by atoms with Crippen LogP contribution in [0, 0.1) is 0 Å². The number of halogens is 2. The average Bonchev–Trinajstić information content (AvgIpc) is 3.43. The van der Waals surface area contributed by atoms with Crippen molar-refractivity contribution in [3.05, 3.63) is 93.0 Å². The highest BCUT2D eigenvalue weighted by Crippen LogP contribution is 2.40. The topological polar surface area (TPSA) is 71.9 Å². The lowest BCUT2D eigenvalue weighted by molar-refractivity contribution is -0.112. The summed E-state index contributed by atoms with van der Waals surface area (Å²) in [6.45, 7) is 4.29. The molecule has 1 saturated heterocycles. The summed E-state index contributed by atoms with van der Waals surface area (Å²) in [7, 11) is -3.72. The van der Waals surface area contributed by atoms with E-state index in [2.05, 4.69) is 20.5 Å². The third-order valence-corrected chi connectivity index (χ3v) is 10.2. The number of carbonyl (C=O) groups is 1. The highest BCUT2D eigenvalue weighted by atomic mass is 79.9. The monoisotopic (exact) mass is 639 g/mol. The summed E-state index contributed by atoms with van der Waals surface area (Å²) in [5.41, 5.74) is 4.63. The molecule has 0 N–H and O–H groups in total.